The van der Waals surface area contributed by atoms with Gasteiger partial charge in [-0.25, -0.2) is 4.79 Å². The zero-order valence-electron chi connectivity index (χ0n) is 21.9. The van der Waals surface area contributed by atoms with E-state index in [1.165, 1.54) is 24.3 Å². The van der Waals surface area contributed by atoms with Crippen molar-refractivity contribution in [1.82, 2.24) is 16.0 Å². The van der Waals surface area contributed by atoms with Gasteiger partial charge >= 0.3 is 17.9 Å². The molecule has 2 rings (SSSR count). The fourth-order valence-corrected chi connectivity index (χ4v) is 3.77. The van der Waals surface area contributed by atoms with Gasteiger partial charge in [-0.2, -0.15) is 0 Å². The van der Waals surface area contributed by atoms with Crippen molar-refractivity contribution < 1.29 is 49.2 Å². The smallest absolute Gasteiger partial charge is 0.326 e. The number of nitrogens with one attached hydrogen (secondary N) is 3. The lowest BCUT2D eigenvalue weighted by Crippen LogP contribution is -2.58. The zero-order chi connectivity index (χ0) is 30.5. The normalized spacial score (nSPS) is 13.6. The Balaban J connectivity index is 2.32. The molecular weight excluding hydrogens is 540 g/mol. The number of phenolic OH excluding ortho intramolecular Hbond substituents is 1. The third-order valence-electron chi connectivity index (χ3n) is 5.92. The number of hydrogen-bond acceptors (Lipinski definition) is 8. The standard InChI is InChI=1S/C27H32N4O10/c28-18(14-23(35)36)24(37)30-20(12-15-4-2-1-3-5-15)26(39)31-21(13-16-6-8-17(32)9-7-16)25(38)29-19(27(40)41)10-11-22(33)34/h1-9,18-21,32H,10-14,28H2,(H,29,38)(H,30,37)(H,31,39)(H,33,34)(H,35,36)(H,40,41). The second-order valence-corrected chi connectivity index (χ2v) is 9.22. The molecule has 0 aromatic heterocycles. The number of aromatic hydroxyl groups is 1. The van der Waals surface area contributed by atoms with E-state index in [-0.39, 0.29) is 18.6 Å². The molecule has 0 heterocycles. The first-order valence-corrected chi connectivity index (χ1v) is 12.5. The molecule has 0 aliphatic rings. The lowest BCUT2D eigenvalue weighted by molar-refractivity contribution is -0.143. The first kappa shape index (κ1) is 32.2. The van der Waals surface area contributed by atoms with Crippen LogP contribution in [-0.2, 0) is 41.6 Å². The van der Waals surface area contributed by atoms with Gasteiger partial charge in [0.05, 0.1) is 12.5 Å². The maximum Gasteiger partial charge on any atom is 0.326 e. The van der Waals surface area contributed by atoms with Crippen LogP contribution < -0.4 is 21.7 Å². The van der Waals surface area contributed by atoms with Crippen LogP contribution >= 0.6 is 0 Å². The third-order valence-corrected chi connectivity index (χ3v) is 5.92. The van der Waals surface area contributed by atoms with Crippen molar-refractivity contribution in [3.63, 3.8) is 0 Å². The van der Waals surface area contributed by atoms with E-state index in [1.807, 2.05) is 0 Å². The first-order valence-electron chi connectivity index (χ1n) is 12.5. The van der Waals surface area contributed by atoms with Crippen molar-refractivity contribution in [2.75, 3.05) is 0 Å². The van der Waals surface area contributed by atoms with Crippen LogP contribution in [0.2, 0.25) is 0 Å². The molecule has 2 aromatic carbocycles. The minimum absolute atomic E-state index is 0.0535. The number of rotatable bonds is 16. The summed E-state index contributed by atoms with van der Waals surface area (Å²) in [6.07, 6.45) is -1.85. The summed E-state index contributed by atoms with van der Waals surface area (Å²) in [5, 5.41) is 44.1. The molecule has 0 aliphatic heterocycles. The molecule has 4 atom stereocenters. The maximum atomic E-state index is 13.4. The Morgan fingerprint density at radius 3 is 1.63 bits per heavy atom. The molecule has 2 aromatic rings. The Hall–Kier alpha value is -4.98. The summed E-state index contributed by atoms with van der Waals surface area (Å²) in [5.74, 6) is -6.81. The van der Waals surface area contributed by atoms with E-state index in [9.17, 15) is 39.0 Å². The Morgan fingerprint density at radius 2 is 1.15 bits per heavy atom. The average Bonchev–Trinajstić information content (AvgIpc) is 2.91. The van der Waals surface area contributed by atoms with E-state index in [1.54, 1.807) is 30.3 Å². The Labute approximate surface area is 234 Å². The SMILES string of the molecule is NC(CC(=O)O)C(=O)NC(Cc1ccccc1)C(=O)NC(Cc1ccc(O)cc1)C(=O)NC(CCC(=O)O)C(=O)O. The Bertz CT molecular complexity index is 1240. The summed E-state index contributed by atoms with van der Waals surface area (Å²) in [4.78, 5) is 72.7. The molecular formula is C27H32N4O10. The van der Waals surface area contributed by atoms with Crippen molar-refractivity contribution in [2.45, 2.75) is 56.3 Å². The number of carboxylic acid groups (broad SMARTS) is 3. The van der Waals surface area contributed by atoms with Crippen LogP contribution in [0.1, 0.15) is 30.4 Å². The van der Waals surface area contributed by atoms with Crippen LogP contribution in [0, 0.1) is 0 Å². The molecule has 14 nitrogen and oxygen atoms in total. The molecule has 4 unspecified atom stereocenters. The molecule has 0 bridgehead atoms. The van der Waals surface area contributed by atoms with Crippen LogP contribution in [0.3, 0.4) is 0 Å². The van der Waals surface area contributed by atoms with Gasteiger partial charge in [0.15, 0.2) is 0 Å². The first-order chi connectivity index (χ1) is 19.3. The summed E-state index contributed by atoms with van der Waals surface area (Å²) in [6.45, 7) is 0. The Morgan fingerprint density at radius 1 is 0.659 bits per heavy atom. The highest BCUT2D eigenvalue weighted by molar-refractivity contribution is 5.95. The van der Waals surface area contributed by atoms with E-state index < -0.39 is 79.1 Å². The number of hydrogen-bond donors (Lipinski definition) is 8. The summed E-state index contributed by atoms with van der Waals surface area (Å²) in [7, 11) is 0. The van der Waals surface area contributed by atoms with Gasteiger partial charge in [-0.05, 0) is 29.7 Å². The number of carbonyl (C=O) groups is 6. The van der Waals surface area contributed by atoms with E-state index in [2.05, 4.69) is 16.0 Å². The molecule has 41 heavy (non-hydrogen) atoms. The molecule has 0 saturated heterocycles. The van der Waals surface area contributed by atoms with Crippen molar-refractivity contribution in [2.24, 2.45) is 5.73 Å². The highest BCUT2D eigenvalue weighted by Gasteiger charge is 2.31. The molecule has 0 spiro atoms. The predicted octanol–water partition coefficient (Wildman–Crippen LogP) is -0.617. The van der Waals surface area contributed by atoms with Crippen molar-refractivity contribution >= 4 is 35.6 Å². The summed E-state index contributed by atoms with van der Waals surface area (Å²) in [6, 6.07) is 8.46. The van der Waals surface area contributed by atoms with Gasteiger partial charge < -0.3 is 42.1 Å². The molecule has 0 radical (unpaired) electrons. The van der Waals surface area contributed by atoms with Crippen molar-refractivity contribution in [1.29, 1.82) is 0 Å². The quantitative estimate of drug-likeness (QED) is 0.126. The molecule has 9 N–H and O–H groups in total. The van der Waals surface area contributed by atoms with Gasteiger partial charge in [-0.3, -0.25) is 24.0 Å². The van der Waals surface area contributed by atoms with Gasteiger partial charge in [0.1, 0.15) is 23.9 Å². The van der Waals surface area contributed by atoms with Crippen LogP contribution in [0.4, 0.5) is 0 Å². The van der Waals surface area contributed by atoms with Gasteiger partial charge in [0.2, 0.25) is 17.7 Å². The molecule has 3 amide bonds. The average molecular weight is 573 g/mol. The fraction of sp³-hybridized carbons (Fsp3) is 0.333. The predicted molar refractivity (Wildman–Crippen MR) is 142 cm³/mol. The summed E-state index contributed by atoms with van der Waals surface area (Å²) in [5.41, 5.74) is 6.75. The number of nitrogens with two attached hydrogens (primary N) is 1. The minimum atomic E-state index is -1.56. The largest absolute Gasteiger partial charge is 0.508 e. The van der Waals surface area contributed by atoms with Crippen LogP contribution in [0.5, 0.6) is 5.75 Å². The van der Waals surface area contributed by atoms with E-state index in [4.69, 9.17) is 15.9 Å². The molecule has 14 heteroatoms. The topological polar surface area (TPSA) is 245 Å². The van der Waals surface area contributed by atoms with Crippen molar-refractivity contribution in [3.05, 3.63) is 65.7 Å². The van der Waals surface area contributed by atoms with Crippen LogP contribution in [-0.4, -0.2) is 80.2 Å². The van der Waals surface area contributed by atoms with Crippen molar-refractivity contribution in [3.8, 4) is 5.75 Å². The highest BCUT2D eigenvalue weighted by atomic mass is 16.4. The summed E-state index contributed by atoms with van der Waals surface area (Å²) >= 11 is 0. The van der Waals surface area contributed by atoms with E-state index >= 15 is 0 Å². The van der Waals surface area contributed by atoms with Gasteiger partial charge in [-0.15, -0.1) is 0 Å². The Kier molecular flexibility index (Phi) is 12.2. The number of benzene rings is 2. The number of carbonyl (C=O) groups excluding carboxylic acids is 3. The van der Waals surface area contributed by atoms with Crippen LogP contribution in [0.25, 0.3) is 0 Å². The highest BCUT2D eigenvalue weighted by Crippen LogP contribution is 2.13. The third kappa shape index (κ3) is 11.3. The molecule has 0 fully saturated rings. The second kappa shape index (κ2) is 15.6. The van der Waals surface area contributed by atoms with E-state index in [0.29, 0.717) is 11.1 Å². The lowest BCUT2D eigenvalue weighted by Gasteiger charge is -2.25. The van der Waals surface area contributed by atoms with E-state index in [0.717, 1.165) is 0 Å². The zero-order valence-corrected chi connectivity index (χ0v) is 21.9. The van der Waals surface area contributed by atoms with Crippen LogP contribution in [0.15, 0.2) is 54.6 Å². The fourth-order valence-electron chi connectivity index (χ4n) is 3.77. The number of aliphatic carboxylic acids is 3. The molecule has 220 valence electrons. The number of phenols is 1. The van der Waals surface area contributed by atoms with Gasteiger partial charge in [-0.1, -0.05) is 42.5 Å². The second-order valence-electron chi connectivity index (χ2n) is 9.22. The lowest BCUT2D eigenvalue weighted by atomic mass is 10.0. The number of carboxylic acids is 3. The minimum Gasteiger partial charge on any atom is -0.508 e. The molecule has 0 saturated carbocycles. The maximum absolute atomic E-state index is 13.4. The van der Waals surface area contributed by atoms with Gasteiger partial charge in [0.25, 0.3) is 0 Å². The monoisotopic (exact) mass is 572 g/mol. The number of amides is 3. The summed E-state index contributed by atoms with van der Waals surface area (Å²) < 4.78 is 0. The van der Waals surface area contributed by atoms with Gasteiger partial charge in [0, 0.05) is 19.3 Å². The molecule has 0 aliphatic carbocycles.